The molecule has 6 rings (SSSR count). The minimum absolute atomic E-state index is 0.993. The van der Waals surface area contributed by atoms with Gasteiger partial charge < -0.3 is 0 Å². The Labute approximate surface area is 207 Å². The first-order chi connectivity index (χ1) is 14.7. The van der Waals surface area contributed by atoms with E-state index in [-0.39, 0.29) is 0 Å². The van der Waals surface area contributed by atoms with Crippen molar-refractivity contribution in [2.24, 2.45) is 0 Å². The third kappa shape index (κ3) is 3.42. The Morgan fingerprint density at radius 2 is 0.967 bits per heavy atom. The molecule has 0 nitrogen and oxygen atoms in total. The van der Waals surface area contributed by atoms with Crippen LogP contribution in [-0.4, -0.2) is 0 Å². The molecule has 0 fully saturated rings. The van der Waals surface area contributed by atoms with Crippen molar-refractivity contribution in [2.45, 2.75) is 12.8 Å². The maximum Gasteiger partial charge on any atom is 0.0746 e. The standard InChI is InChI=1S/C24H14Br2S4/c25-23-17(15-5-1-3-7-19(15)29-23)9-13-11-21-22(27-13)12-14(28-21)10-18-16-6-2-4-8-20(16)30-24(18)26/h1-8,11-12H,9-10H2. The fourth-order valence-electron chi connectivity index (χ4n) is 3.93. The number of halogens is 2. The van der Waals surface area contributed by atoms with E-state index in [0.717, 1.165) is 12.8 Å². The molecule has 0 amide bonds. The largest absolute Gasteiger partial charge is 0.139 e. The van der Waals surface area contributed by atoms with Gasteiger partial charge in [0.1, 0.15) is 0 Å². The van der Waals surface area contributed by atoms with E-state index in [9.17, 15) is 0 Å². The van der Waals surface area contributed by atoms with E-state index >= 15 is 0 Å². The third-order valence-corrected chi connectivity index (χ3v) is 11.5. The summed E-state index contributed by atoms with van der Waals surface area (Å²) in [6.45, 7) is 0. The number of hydrogen-bond acceptors (Lipinski definition) is 4. The van der Waals surface area contributed by atoms with E-state index in [2.05, 4.69) is 92.5 Å². The van der Waals surface area contributed by atoms with Gasteiger partial charge in [0, 0.05) is 41.4 Å². The predicted octanol–water partition coefficient (Wildman–Crippen LogP) is 10.1. The molecule has 0 atom stereocenters. The quantitative estimate of drug-likeness (QED) is 0.192. The lowest BCUT2D eigenvalue weighted by Gasteiger charge is -1.99. The van der Waals surface area contributed by atoms with Crippen molar-refractivity contribution < 1.29 is 0 Å². The van der Waals surface area contributed by atoms with Crippen LogP contribution < -0.4 is 0 Å². The van der Waals surface area contributed by atoms with Gasteiger partial charge in [0.15, 0.2) is 0 Å². The number of hydrogen-bond donors (Lipinski definition) is 0. The van der Waals surface area contributed by atoms with Gasteiger partial charge in [-0.1, -0.05) is 36.4 Å². The maximum atomic E-state index is 3.80. The first kappa shape index (κ1) is 19.6. The number of rotatable bonds is 4. The summed E-state index contributed by atoms with van der Waals surface area (Å²) in [5.41, 5.74) is 2.83. The average Bonchev–Trinajstić information content (AvgIpc) is 3.45. The molecule has 0 unspecified atom stereocenters. The van der Waals surface area contributed by atoms with Crippen LogP contribution in [0.25, 0.3) is 29.6 Å². The summed E-state index contributed by atoms with van der Waals surface area (Å²) in [6.07, 6.45) is 1.99. The van der Waals surface area contributed by atoms with Crippen LogP contribution in [0.5, 0.6) is 0 Å². The molecular weight excluding hydrogens is 576 g/mol. The molecule has 0 saturated carbocycles. The lowest BCUT2D eigenvalue weighted by molar-refractivity contribution is 1.27. The Bertz CT molecular complexity index is 1390. The molecule has 0 radical (unpaired) electrons. The monoisotopic (exact) mass is 588 g/mol. The molecule has 148 valence electrons. The van der Waals surface area contributed by atoms with Crippen LogP contribution in [0.4, 0.5) is 0 Å². The second-order valence-corrected chi connectivity index (χ2v) is 14.3. The normalized spacial score (nSPS) is 11.9. The Balaban J connectivity index is 1.31. The van der Waals surface area contributed by atoms with E-state index < -0.39 is 0 Å². The highest BCUT2D eigenvalue weighted by atomic mass is 79.9. The SMILES string of the molecule is Brc1sc2ccccc2c1Cc1cc2sc(Cc3c(Br)sc4ccccc34)cc2s1. The van der Waals surface area contributed by atoms with Crippen molar-refractivity contribution in [3.05, 3.63) is 89.1 Å². The highest BCUT2D eigenvalue weighted by Gasteiger charge is 2.15. The van der Waals surface area contributed by atoms with Gasteiger partial charge >= 0.3 is 0 Å². The van der Waals surface area contributed by atoms with E-state index in [1.54, 1.807) is 0 Å². The highest BCUT2D eigenvalue weighted by molar-refractivity contribution is 9.11. The lowest BCUT2D eigenvalue weighted by atomic mass is 10.1. The van der Waals surface area contributed by atoms with Crippen LogP contribution in [0.2, 0.25) is 0 Å². The van der Waals surface area contributed by atoms with Gasteiger partial charge in [0.25, 0.3) is 0 Å². The van der Waals surface area contributed by atoms with Crippen LogP contribution >= 0.6 is 77.2 Å². The van der Waals surface area contributed by atoms with Crippen molar-refractivity contribution in [1.29, 1.82) is 0 Å². The first-order valence-electron chi connectivity index (χ1n) is 9.48. The zero-order chi connectivity index (χ0) is 20.2. The molecule has 0 aliphatic rings. The summed E-state index contributed by atoms with van der Waals surface area (Å²) in [6, 6.07) is 22.2. The molecule has 0 bridgehead atoms. The van der Waals surface area contributed by atoms with Crippen molar-refractivity contribution in [3.8, 4) is 0 Å². The first-order valence-corrected chi connectivity index (χ1v) is 14.3. The molecular formula is C24H14Br2S4. The molecule has 30 heavy (non-hydrogen) atoms. The van der Waals surface area contributed by atoms with Crippen molar-refractivity contribution in [3.63, 3.8) is 0 Å². The number of benzene rings is 2. The predicted molar refractivity (Wildman–Crippen MR) is 144 cm³/mol. The van der Waals surface area contributed by atoms with Crippen molar-refractivity contribution in [2.75, 3.05) is 0 Å². The molecule has 4 aromatic heterocycles. The Hall–Kier alpha value is -1.02. The molecule has 0 saturated heterocycles. The molecule has 0 aliphatic carbocycles. The molecule has 0 spiro atoms. The zero-order valence-corrected chi connectivity index (χ0v) is 22.0. The van der Waals surface area contributed by atoms with E-state index in [4.69, 9.17) is 0 Å². The Morgan fingerprint density at radius 1 is 0.533 bits per heavy atom. The fraction of sp³-hybridized carbons (Fsp3) is 0.0833. The van der Waals surface area contributed by atoms with Gasteiger partial charge in [-0.2, -0.15) is 0 Å². The summed E-state index contributed by atoms with van der Waals surface area (Å²) in [4.78, 5) is 2.88. The highest BCUT2D eigenvalue weighted by Crippen LogP contribution is 2.42. The Kier molecular flexibility index (Phi) is 5.13. The minimum Gasteiger partial charge on any atom is -0.139 e. The van der Waals surface area contributed by atoms with Gasteiger partial charge in [-0.3, -0.25) is 0 Å². The molecule has 6 heteroatoms. The fourth-order valence-corrected chi connectivity index (χ4v) is 10.0. The van der Waals surface area contributed by atoms with Gasteiger partial charge in [-0.15, -0.1) is 45.3 Å². The van der Waals surface area contributed by atoms with Crippen LogP contribution in [-0.2, 0) is 12.8 Å². The van der Waals surface area contributed by atoms with Gasteiger partial charge in [0.05, 0.1) is 7.57 Å². The van der Waals surface area contributed by atoms with E-state index in [0.29, 0.717) is 0 Å². The van der Waals surface area contributed by atoms with Gasteiger partial charge in [-0.25, -0.2) is 0 Å². The van der Waals surface area contributed by atoms with Crippen LogP contribution in [0.1, 0.15) is 20.9 Å². The molecule has 4 heterocycles. The summed E-state index contributed by atoms with van der Waals surface area (Å²) in [5.74, 6) is 0. The topological polar surface area (TPSA) is 0 Å². The lowest BCUT2D eigenvalue weighted by Crippen LogP contribution is -1.84. The molecule has 0 aliphatic heterocycles. The summed E-state index contributed by atoms with van der Waals surface area (Å²) in [5, 5.41) is 2.75. The minimum atomic E-state index is 0.993. The second-order valence-electron chi connectivity index (χ2n) is 7.21. The molecule has 0 N–H and O–H groups in total. The maximum absolute atomic E-state index is 3.80. The number of thiophene rings is 4. The summed E-state index contributed by atoms with van der Waals surface area (Å²) in [7, 11) is 0. The second kappa shape index (κ2) is 7.84. The van der Waals surface area contributed by atoms with Crippen LogP contribution in [0, 0.1) is 0 Å². The summed E-state index contributed by atoms with van der Waals surface area (Å²) >= 11 is 15.1. The van der Waals surface area contributed by atoms with Crippen LogP contribution in [0.15, 0.2) is 68.2 Å². The van der Waals surface area contributed by atoms with Crippen molar-refractivity contribution in [1.82, 2.24) is 0 Å². The number of fused-ring (bicyclic) bond motifs is 3. The smallest absolute Gasteiger partial charge is 0.0746 e. The average molecular weight is 590 g/mol. The van der Waals surface area contributed by atoms with E-state index in [1.165, 1.54) is 58.0 Å². The molecule has 2 aromatic carbocycles. The van der Waals surface area contributed by atoms with Gasteiger partial charge in [0.2, 0.25) is 0 Å². The van der Waals surface area contributed by atoms with Crippen LogP contribution in [0.3, 0.4) is 0 Å². The zero-order valence-electron chi connectivity index (χ0n) is 15.6. The third-order valence-electron chi connectivity index (χ3n) is 5.31. The van der Waals surface area contributed by atoms with Crippen molar-refractivity contribution >= 4 is 107 Å². The summed E-state index contributed by atoms with van der Waals surface area (Å²) < 4.78 is 8.06. The van der Waals surface area contributed by atoms with E-state index in [1.807, 2.05) is 45.3 Å². The Morgan fingerprint density at radius 3 is 1.43 bits per heavy atom. The van der Waals surface area contributed by atoms with Gasteiger partial charge in [-0.05, 0) is 78.0 Å². The molecule has 6 aromatic rings.